The van der Waals surface area contributed by atoms with Crippen molar-refractivity contribution in [1.29, 1.82) is 0 Å². The summed E-state index contributed by atoms with van der Waals surface area (Å²) in [5, 5.41) is 10.7. The van der Waals surface area contributed by atoms with Crippen LogP contribution in [0.25, 0.3) is 21.6 Å². The standard InChI is InChI=1S/C20H19N5OS2/c1-12-6-8-14(9-7-12)18-23-24-20(27)25(18)11-10-16(26)21-19-22-17-13(2)4-3-5-15(17)28-19/h3-9H,10-11H2,1-2H3,(H,24,27)(H,21,22,26). The fourth-order valence-corrected chi connectivity index (χ4v) is 4.17. The van der Waals surface area contributed by atoms with Gasteiger partial charge in [0.05, 0.1) is 10.2 Å². The van der Waals surface area contributed by atoms with Crippen molar-refractivity contribution in [2.45, 2.75) is 26.8 Å². The van der Waals surface area contributed by atoms with E-state index in [9.17, 15) is 4.79 Å². The van der Waals surface area contributed by atoms with E-state index in [1.165, 1.54) is 16.9 Å². The molecule has 0 fully saturated rings. The third-order valence-electron chi connectivity index (χ3n) is 4.50. The number of nitrogens with zero attached hydrogens (tertiary/aromatic N) is 3. The molecule has 0 saturated heterocycles. The second-order valence-electron chi connectivity index (χ2n) is 6.61. The minimum atomic E-state index is -0.102. The number of rotatable bonds is 5. The Kier molecular flexibility index (Phi) is 5.06. The Morgan fingerprint density at radius 3 is 2.75 bits per heavy atom. The van der Waals surface area contributed by atoms with Crippen molar-refractivity contribution in [2.75, 3.05) is 5.32 Å². The van der Waals surface area contributed by atoms with Crippen LogP contribution in [0.15, 0.2) is 42.5 Å². The van der Waals surface area contributed by atoms with E-state index < -0.39 is 0 Å². The topological polar surface area (TPSA) is 75.6 Å². The van der Waals surface area contributed by atoms with Crippen LogP contribution in [0.4, 0.5) is 5.13 Å². The molecule has 8 heteroatoms. The molecule has 4 aromatic rings. The number of benzene rings is 2. The monoisotopic (exact) mass is 409 g/mol. The lowest BCUT2D eigenvalue weighted by molar-refractivity contribution is -0.116. The number of aromatic amines is 1. The molecule has 0 bridgehead atoms. The van der Waals surface area contributed by atoms with E-state index >= 15 is 0 Å². The van der Waals surface area contributed by atoms with E-state index in [-0.39, 0.29) is 12.3 Å². The highest BCUT2D eigenvalue weighted by Crippen LogP contribution is 2.28. The number of nitrogens with one attached hydrogen (secondary N) is 2. The Bertz CT molecular complexity index is 1200. The molecule has 0 unspecified atom stereocenters. The number of anilines is 1. The highest BCUT2D eigenvalue weighted by atomic mass is 32.1. The average molecular weight is 410 g/mol. The van der Waals surface area contributed by atoms with E-state index in [1.54, 1.807) is 0 Å². The molecule has 1 amide bonds. The summed E-state index contributed by atoms with van der Waals surface area (Å²) in [6, 6.07) is 14.1. The summed E-state index contributed by atoms with van der Waals surface area (Å²) in [5.41, 5.74) is 4.16. The SMILES string of the molecule is Cc1ccc(-c2n[nH]c(=S)n2CCC(=O)Nc2nc3c(C)cccc3s2)cc1. The number of amides is 1. The lowest BCUT2D eigenvalue weighted by atomic mass is 10.1. The molecule has 2 N–H and O–H groups in total. The van der Waals surface area contributed by atoms with Crippen LogP contribution in [0.2, 0.25) is 0 Å². The summed E-state index contributed by atoms with van der Waals surface area (Å²) in [6.07, 6.45) is 0.279. The van der Waals surface area contributed by atoms with Crippen molar-refractivity contribution < 1.29 is 4.79 Å². The number of H-pyrrole nitrogens is 1. The summed E-state index contributed by atoms with van der Waals surface area (Å²) in [5.74, 6) is 0.628. The predicted octanol–water partition coefficient (Wildman–Crippen LogP) is 4.86. The smallest absolute Gasteiger partial charge is 0.227 e. The van der Waals surface area contributed by atoms with Crippen molar-refractivity contribution in [1.82, 2.24) is 19.7 Å². The van der Waals surface area contributed by atoms with Crippen molar-refractivity contribution in [3.8, 4) is 11.4 Å². The largest absolute Gasteiger partial charge is 0.302 e. The fourth-order valence-electron chi connectivity index (χ4n) is 2.98. The Balaban J connectivity index is 1.47. The van der Waals surface area contributed by atoms with Gasteiger partial charge in [0, 0.05) is 18.5 Å². The molecule has 28 heavy (non-hydrogen) atoms. The van der Waals surface area contributed by atoms with Gasteiger partial charge < -0.3 is 5.32 Å². The third kappa shape index (κ3) is 3.74. The van der Waals surface area contributed by atoms with Crippen LogP contribution in [-0.2, 0) is 11.3 Å². The number of thiazole rings is 1. The second kappa shape index (κ2) is 7.65. The van der Waals surface area contributed by atoms with Gasteiger partial charge >= 0.3 is 0 Å². The zero-order valence-corrected chi connectivity index (χ0v) is 17.2. The van der Waals surface area contributed by atoms with Crippen LogP contribution in [0.3, 0.4) is 0 Å². The molecule has 0 atom stereocenters. The summed E-state index contributed by atoms with van der Waals surface area (Å²) >= 11 is 6.82. The minimum Gasteiger partial charge on any atom is -0.302 e. The van der Waals surface area contributed by atoms with Crippen molar-refractivity contribution in [3.63, 3.8) is 0 Å². The first-order chi connectivity index (χ1) is 13.5. The van der Waals surface area contributed by atoms with Crippen LogP contribution in [0.1, 0.15) is 17.5 Å². The second-order valence-corrected chi connectivity index (χ2v) is 8.03. The van der Waals surface area contributed by atoms with Crippen LogP contribution in [-0.4, -0.2) is 25.7 Å². The first-order valence-corrected chi connectivity index (χ1v) is 10.1. The first-order valence-electron chi connectivity index (χ1n) is 8.89. The summed E-state index contributed by atoms with van der Waals surface area (Å²) in [7, 11) is 0. The number of aromatic nitrogens is 4. The van der Waals surface area contributed by atoms with E-state index in [4.69, 9.17) is 12.2 Å². The molecule has 2 heterocycles. The van der Waals surface area contributed by atoms with Gasteiger partial charge in [-0.25, -0.2) is 4.98 Å². The molecular weight excluding hydrogens is 390 g/mol. The number of hydrogen-bond donors (Lipinski definition) is 2. The Labute approximate surface area is 171 Å². The first kappa shape index (κ1) is 18.5. The van der Waals surface area contributed by atoms with Gasteiger partial charge in [-0.1, -0.05) is 53.3 Å². The molecule has 2 aromatic heterocycles. The summed E-state index contributed by atoms with van der Waals surface area (Å²) in [4.78, 5) is 17.0. The molecule has 0 spiro atoms. The molecule has 0 aliphatic rings. The van der Waals surface area contributed by atoms with Crippen molar-refractivity contribution in [2.24, 2.45) is 0 Å². The Morgan fingerprint density at radius 1 is 1.21 bits per heavy atom. The molecule has 0 aliphatic carbocycles. The Morgan fingerprint density at radius 2 is 2.00 bits per heavy atom. The van der Waals surface area contributed by atoms with Gasteiger partial charge in [0.25, 0.3) is 0 Å². The van der Waals surface area contributed by atoms with Crippen LogP contribution in [0, 0.1) is 18.6 Å². The summed E-state index contributed by atoms with van der Waals surface area (Å²) in [6.45, 7) is 4.49. The fraction of sp³-hybridized carbons (Fsp3) is 0.200. The third-order valence-corrected chi connectivity index (χ3v) is 5.75. The van der Waals surface area contributed by atoms with Crippen LogP contribution in [0.5, 0.6) is 0 Å². The van der Waals surface area contributed by atoms with Gasteiger partial charge in [0.1, 0.15) is 0 Å². The maximum Gasteiger partial charge on any atom is 0.227 e. The molecule has 142 valence electrons. The van der Waals surface area contributed by atoms with Crippen LogP contribution < -0.4 is 5.32 Å². The molecule has 0 saturated carbocycles. The molecule has 4 rings (SSSR count). The molecule has 0 radical (unpaired) electrons. The highest BCUT2D eigenvalue weighted by molar-refractivity contribution is 7.71. The van der Waals surface area contributed by atoms with E-state index in [0.29, 0.717) is 16.4 Å². The zero-order chi connectivity index (χ0) is 19.7. The number of aryl methyl sites for hydroxylation is 2. The predicted molar refractivity (Wildman–Crippen MR) is 115 cm³/mol. The van der Waals surface area contributed by atoms with Gasteiger partial charge in [-0.2, -0.15) is 5.10 Å². The summed E-state index contributed by atoms with van der Waals surface area (Å²) < 4.78 is 3.41. The number of para-hydroxylation sites is 1. The number of fused-ring (bicyclic) bond motifs is 1. The molecule has 0 aliphatic heterocycles. The maximum absolute atomic E-state index is 12.5. The van der Waals surface area contributed by atoms with Gasteiger partial charge in [-0.05, 0) is 37.7 Å². The number of carbonyl (C=O) groups excluding carboxylic acids is 1. The zero-order valence-electron chi connectivity index (χ0n) is 15.5. The quantitative estimate of drug-likeness (QED) is 0.462. The Hall–Kier alpha value is -2.84. The lowest BCUT2D eigenvalue weighted by Crippen LogP contribution is -2.15. The highest BCUT2D eigenvalue weighted by Gasteiger charge is 2.12. The van der Waals surface area contributed by atoms with E-state index in [2.05, 4.69) is 20.5 Å². The number of carbonyl (C=O) groups is 1. The lowest BCUT2D eigenvalue weighted by Gasteiger charge is -2.07. The molecular formula is C20H19N5OS2. The van der Waals surface area contributed by atoms with E-state index in [0.717, 1.165) is 27.2 Å². The van der Waals surface area contributed by atoms with Gasteiger partial charge in [0.15, 0.2) is 15.7 Å². The normalized spacial score (nSPS) is 11.1. The van der Waals surface area contributed by atoms with Gasteiger partial charge in [-0.15, -0.1) is 0 Å². The van der Waals surface area contributed by atoms with Crippen LogP contribution >= 0.6 is 23.6 Å². The van der Waals surface area contributed by atoms with Gasteiger partial charge in [-0.3, -0.25) is 14.5 Å². The van der Waals surface area contributed by atoms with E-state index in [1.807, 2.05) is 60.9 Å². The average Bonchev–Trinajstić information content (AvgIpc) is 3.25. The van der Waals surface area contributed by atoms with Crippen molar-refractivity contribution >= 4 is 44.8 Å². The maximum atomic E-state index is 12.5. The van der Waals surface area contributed by atoms with Gasteiger partial charge in [0.2, 0.25) is 5.91 Å². The minimum absolute atomic E-state index is 0.102. The number of hydrogen-bond acceptors (Lipinski definition) is 5. The van der Waals surface area contributed by atoms with Crippen molar-refractivity contribution in [3.05, 3.63) is 58.4 Å². The molecule has 6 nitrogen and oxygen atoms in total. The molecule has 2 aromatic carbocycles.